The fraction of sp³-hybridized carbons (Fsp3) is 0.176. The van der Waals surface area contributed by atoms with E-state index in [1.807, 2.05) is 0 Å². The molecule has 0 saturated carbocycles. The van der Waals surface area contributed by atoms with Gasteiger partial charge in [-0.15, -0.1) is 0 Å². The molecule has 2 aromatic rings. The number of nitrogens with one attached hydrogen (secondary N) is 1. The first kappa shape index (κ1) is 18.9. The van der Waals surface area contributed by atoms with Crippen LogP contribution in [0.2, 0.25) is 10.0 Å². The maximum atomic E-state index is 12.1. The van der Waals surface area contributed by atoms with Crippen LogP contribution in [0.15, 0.2) is 36.4 Å². The molecule has 0 aliphatic carbocycles. The first-order valence-electron chi connectivity index (χ1n) is 7.08. The van der Waals surface area contributed by atoms with Crippen LogP contribution in [-0.2, 0) is 9.53 Å². The Kier molecular flexibility index (Phi) is 6.50. The second-order valence-electron chi connectivity index (χ2n) is 4.82. The smallest absolute Gasteiger partial charge is 0.338 e. The SMILES string of the molecule is COc1cc(C(=O)OCC(=O)Nc2ccc(Cl)cc2)cc(Cl)c1OC. The molecule has 0 fully saturated rings. The van der Waals surface area contributed by atoms with Gasteiger partial charge < -0.3 is 19.5 Å². The number of halogens is 2. The summed E-state index contributed by atoms with van der Waals surface area (Å²) in [4.78, 5) is 23.9. The summed E-state index contributed by atoms with van der Waals surface area (Å²) in [7, 11) is 2.85. The zero-order valence-electron chi connectivity index (χ0n) is 13.5. The average molecular weight is 384 g/mol. The Balaban J connectivity index is 1.99. The lowest BCUT2D eigenvalue weighted by Gasteiger charge is -2.11. The van der Waals surface area contributed by atoms with E-state index in [-0.39, 0.29) is 16.3 Å². The van der Waals surface area contributed by atoms with Crippen LogP contribution < -0.4 is 14.8 Å². The molecular formula is C17H15Cl2NO5. The Bertz CT molecular complexity index is 777. The summed E-state index contributed by atoms with van der Waals surface area (Å²) in [6.45, 7) is -0.451. The molecule has 0 heterocycles. The molecule has 6 nitrogen and oxygen atoms in total. The van der Waals surface area contributed by atoms with Gasteiger partial charge in [-0.2, -0.15) is 0 Å². The number of hydrogen-bond donors (Lipinski definition) is 1. The summed E-state index contributed by atoms with van der Waals surface area (Å²) < 4.78 is 15.2. The van der Waals surface area contributed by atoms with Crippen LogP contribution in [0.5, 0.6) is 11.5 Å². The first-order chi connectivity index (χ1) is 11.9. The molecular weight excluding hydrogens is 369 g/mol. The summed E-state index contributed by atoms with van der Waals surface area (Å²) in [5, 5.41) is 3.33. The highest BCUT2D eigenvalue weighted by molar-refractivity contribution is 6.32. The highest BCUT2D eigenvalue weighted by Gasteiger charge is 2.17. The van der Waals surface area contributed by atoms with Crippen molar-refractivity contribution in [1.29, 1.82) is 0 Å². The van der Waals surface area contributed by atoms with E-state index in [0.29, 0.717) is 16.5 Å². The van der Waals surface area contributed by atoms with Crippen LogP contribution in [0.1, 0.15) is 10.4 Å². The molecule has 8 heteroatoms. The quantitative estimate of drug-likeness (QED) is 0.767. The van der Waals surface area contributed by atoms with Crippen LogP contribution in [0, 0.1) is 0 Å². The minimum atomic E-state index is -0.714. The van der Waals surface area contributed by atoms with Crippen LogP contribution in [0.25, 0.3) is 0 Å². The Hall–Kier alpha value is -2.44. The van der Waals surface area contributed by atoms with Crippen LogP contribution in [0.4, 0.5) is 5.69 Å². The van der Waals surface area contributed by atoms with Gasteiger partial charge in [0.15, 0.2) is 18.1 Å². The fourth-order valence-electron chi connectivity index (χ4n) is 1.98. The van der Waals surface area contributed by atoms with Crippen LogP contribution in [-0.4, -0.2) is 32.7 Å². The zero-order chi connectivity index (χ0) is 18.4. The number of anilines is 1. The molecule has 0 aromatic heterocycles. The number of hydrogen-bond acceptors (Lipinski definition) is 5. The van der Waals surface area contributed by atoms with Crippen LogP contribution in [0.3, 0.4) is 0 Å². The van der Waals surface area contributed by atoms with Crippen molar-refractivity contribution >= 4 is 40.8 Å². The Morgan fingerprint density at radius 2 is 1.72 bits per heavy atom. The summed E-state index contributed by atoms with van der Waals surface area (Å²) in [6, 6.07) is 9.34. The highest BCUT2D eigenvalue weighted by atomic mass is 35.5. The van der Waals surface area contributed by atoms with Crippen molar-refractivity contribution in [3.05, 3.63) is 52.0 Å². The average Bonchev–Trinajstić information content (AvgIpc) is 2.60. The third-order valence-electron chi connectivity index (χ3n) is 3.13. The van der Waals surface area contributed by atoms with Gasteiger partial charge in [-0.05, 0) is 36.4 Å². The molecule has 2 rings (SSSR count). The van der Waals surface area contributed by atoms with Gasteiger partial charge in [0, 0.05) is 10.7 Å². The van der Waals surface area contributed by atoms with E-state index in [9.17, 15) is 9.59 Å². The summed E-state index contributed by atoms with van der Waals surface area (Å²) >= 11 is 11.8. The molecule has 0 saturated heterocycles. The van der Waals surface area contributed by atoms with Crippen molar-refractivity contribution in [3.63, 3.8) is 0 Å². The molecule has 1 amide bonds. The number of esters is 1. The van der Waals surface area contributed by atoms with E-state index in [1.54, 1.807) is 24.3 Å². The largest absolute Gasteiger partial charge is 0.493 e. The molecule has 132 valence electrons. The second kappa shape index (κ2) is 8.60. The molecule has 25 heavy (non-hydrogen) atoms. The lowest BCUT2D eigenvalue weighted by molar-refractivity contribution is -0.119. The summed E-state index contributed by atoms with van der Waals surface area (Å²) in [5.41, 5.74) is 0.682. The molecule has 0 bridgehead atoms. The summed E-state index contributed by atoms with van der Waals surface area (Å²) in [5.74, 6) is -0.606. The molecule has 2 aromatic carbocycles. The van der Waals surface area contributed by atoms with Gasteiger partial charge >= 0.3 is 5.97 Å². The number of rotatable bonds is 6. The van der Waals surface area contributed by atoms with E-state index in [4.69, 9.17) is 37.4 Å². The van der Waals surface area contributed by atoms with Crippen molar-refractivity contribution in [2.45, 2.75) is 0 Å². The van der Waals surface area contributed by atoms with Gasteiger partial charge in [-0.3, -0.25) is 4.79 Å². The van der Waals surface area contributed by atoms with Crippen molar-refractivity contribution in [3.8, 4) is 11.5 Å². The van der Waals surface area contributed by atoms with Crippen molar-refractivity contribution in [1.82, 2.24) is 0 Å². The highest BCUT2D eigenvalue weighted by Crippen LogP contribution is 2.36. The van der Waals surface area contributed by atoms with E-state index < -0.39 is 18.5 Å². The van der Waals surface area contributed by atoms with E-state index >= 15 is 0 Å². The predicted octanol–water partition coefficient (Wildman–Crippen LogP) is 3.81. The topological polar surface area (TPSA) is 73.9 Å². The number of carbonyl (C=O) groups is 2. The molecule has 0 aliphatic heterocycles. The van der Waals surface area contributed by atoms with Gasteiger partial charge in [0.1, 0.15) is 0 Å². The van der Waals surface area contributed by atoms with E-state index in [2.05, 4.69) is 5.32 Å². The van der Waals surface area contributed by atoms with Crippen molar-refractivity contribution in [2.24, 2.45) is 0 Å². The second-order valence-corrected chi connectivity index (χ2v) is 5.67. The Morgan fingerprint density at radius 3 is 2.32 bits per heavy atom. The van der Waals surface area contributed by atoms with Gasteiger partial charge in [0.2, 0.25) is 0 Å². The number of ether oxygens (including phenoxy) is 3. The van der Waals surface area contributed by atoms with Crippen molar-refractivity contribution in [2.75, 3.05) is 26.1 Å². The number of carbonyl (C=O) groups excluding carboxylic acids is 2. The Morgan fingerprint density at radius 1 is 1.04 bits per heavy atom. The zero-order valence-corrected chi connectivity index (χ0v) is 15.0. The monoisotopic (exact) mass is 383 g/mol. The number of methoxy groups -OCH3 is 2. The minimum Gasteiger partial charge on any atom is -0.493 e. The van der Waals surface area contributed by atoms with Crippen molar-refractivity contribution < 1.29 is 23.8 Å². The molecule has 0 spiro atoms. The molecule has 0 atom stereocenters. The van der Waals surface area contributed by atoms with E-state index in [0.717, 1.165) is 0 Å². The third-order valence-corrected chi connectivity index (χ3v) is 3.66. The first-order valence-corrected chi connectivity index (χ1v) is 7.84. The lowest BCUT2D eigenvalue weighted by Crippen LogP contribution is -2.21. The third kappa shape index (κ3) is 5.01. The Labute approximate surface area is 154 Å². The maximum absolute atomic E-state index is 12.1. The molecule has 0 unspecified atom stereocenters. The maximum Gasteiger partial charge on any atom is 0.338 e. The molecule has 1 N–H and O–H groups in total. The van der Waals surface area contributed by atoms with Gasteiger partial charge in [0.25, 0.3) is 5.91 Å². The standard InChI is InChI=1S/C17H15Cl2NO5/c1-23-14-8-10(7-13(19)16(14)24-2)17(22)25-9-15(21)20-12-5-3-11(18)4-6-12/h3-8H,9H2,1-2H3,(H,20,21). The van der Waals surface area contributed by atoms with Gasteiger partial charge in [0.05, 0.1) is 24.8 Å². The fourth-order valence-corrected chi connectivity index (χ4v) is 2.39. The molecule has 0 aliphatic rings. The van der Waals surface area contributed by atoms with Crippen LogP contribution >= 0.6 is 23.2 Å². The molecule has 0 radical (unpaired) electrons. The van der Waals surface area contributed by atoms with Gasteiger partial charge in [-0.25, -0.2) is 4.79 Å². The predicted molar refractivity (Wildman–Crippen MR) is 94.9 cm³/mol. The van der Waals surface area contributed by atoms with Gasteiger partial charge in [-0.1, -0.05) is 23.2 Å². The minimum absolute atomic E-state index is 0.141. The number of amides is 1. The normalized spacial score (nSPS) is 10.1. The number of benzene rings is 2. The lowest BCUT2D eigenvalue weighted by atomic mass is 10.2. The summed E-state index contributed by atoms with van der Waals surface area (Å²) in [6.07, 6.45) is 0. The van der Waals surface area contributed by atoms with E-state index in [1.165, 1.54) is 26.4 Å².